The Balaban J connectivity index is 1.90. The lowest BCUT2D eigenvalue weighted by molar-refractivity contribution is -0.117. The molecule has 6 heteroatoms. The van der Waals surface area contributed by atoms with Gasteiger partial charge >= 0.3 is 0 Å². The van der Waals surface area contributed by atoms with E-state index in [1.165, 1.54) is 0 Å². The van der Waals surface area contributed by atoms with Gasteiger partial charge in [-0.3, -0.25) is 9.69 Å². The first-order chi connectivity index (χ1) is 11.0. The van der Waals surface area contributed by atoms with Crippen LogP contribution >= 0.6 is 23.2 Å². The first kappa shape index (κ1) is 17.6. The summed E-state index contributed by atoms with van der Waals surface area (Å²) in [5.41, 5.74) is 1.61. The first-order valence-corrected chi connectivity index (χ1v) is 7.80. The maximum Gasteiger partial charge on any atom is 0.238 e. The second-order valence-electron chi connectivity index (χ2n) is 5.17. The van der Waals surface area contributed by atoms with Gasteiger partial charge in [0.1, 0.15) is 5.75 Å². The summed E-state index contributed by atoms with van der Waals surface area (Å²) in [5, 5.41) is 3.53. The number of nitrogens with zero attached hydrogens (tertiary/aromatic N) is 1. The zero-order valence-corrected chi connectivity index (χ0v) is 14.5. The number of hydrogen-bond acceptors (Lipinski definition) is 3. The summed E-state index contributed by atoms with van der Waals surface area (Å²) in [7, 11) is 3.51. The number of carbonyl (C=O) groups is 1. The van der Waals surface area contributed by atoms with Gasteiger partial charge in [-0.2, -0.15) is 0 Å². The van der Waals surface area contributed by atoms with Crippen molar-refractivity contribution in [2.75, 3.05) is 26.0 Å². The molecule has 1 N–H and O–H groups in total. The van der Waals surface area contributed by atoms with Gasteiger partial charge in [0.25, 0.3) is 0 Å². The molecule has 0 spiro atoms. The molecule has 0 aliphatic rings. The molecule has 0 fully saturated rings. The van der Waals surface area contributed by atoms with E-state index in [0.717, 1.165) is 11.3 Å². The summed E-state index contributed by atoms with van der Waals surface area (Å²) in [6.07, 6.45) is 0. The number of methoxy groups -OCH3 is 1. The van der Waals surface area contributed by atoms with E-state index in [4.69, 9.17) is 27.9 Å². The van der Waals surface area contributed by atoms with E-state index in [-0.39, 0.29) is 12.5 Å². The fourth-order valence-electron chi connectivity index (χ4n) is 2.13. The molecule has 0 saturated carbocycles. The van der Waals surface area contributed by atoms with Gasteiger partial charge in [-0.05, 0) is 36.9 Å². The van der Waals surface area contributed by atoms with Crippen LogP contribution in [0.2, 0.25) is 10.0 Å². The van der Waals surface area contributed by atoms with Crippen LogP contribution in [0.3, 0.4) is 0 Å². The maximum atomic E-state index is 12.1. The third-order valence-electron chi connectivity index (χ3n) is 3.25. The van der Waals surface area contributed by atoms with E-state index in [9.17, 15) is 4.79 Å². The van der Waals surface area contributed by atoms with Crippen molar-refractivity contribution in [3.05, 3.63) is 58.1 Å². The molecular formula is C17H18Cl2N2O2. The van der Waals surface area contributed by atoms with Crippen LogP contribution in [0.5, 0.6) is 5.75 Å². The molecule has 23 heavy (non-hydrogen) atoms. The second kappa shape index (κ2) is 8.20. The number of nitrogens with one attached hydrogen (secondary N) is 1. The Labute approximate surface area is 146 Å². The van der Waals surface area contributed by atoms with Crippen LogP contribution in [0.25, 0.3) is 0 Å². The molecule has 0 aromatic heterocycles. The van der Waals surface area contributed by atoms with Crippen LogP contribution in [0.1, 0.15) is 5.56 Å². The average Bonchev–Trinajstić information content (AvgIpc) is 2.52. The lowest BCUT2D eigenvalue weighted by Gasteiger charge is -2.17. The number of halogens is 2. The summed E-state index contributed by atoms with van der Waals surface area (Å²) >= 11 is 12.0. The monoisotopic (exact) mass is 352 g/mol. The summed E-state index contributed by atoms with van der Waals surface area (Å²) in [4.78, 5) is 14.0. The van der Waals surface area contributed by atoms with Crippen molar-refractivity contribution in [3.63, 3.8) is 0 Å². The second-order valence-corrected chi connectivity index (χ2v) is 5.96. The van der Waals surface area contributed by atoms with Crippen molar-refractivity contribution in [1.82, 2.24) is 4.90 Å². The number of benzene rings is 2. The van der Waals surface area contributed by atoms with E-state index >= 15 is 0 Å². The number of amides is 1. The zero-order chi connectivity index (χ0) is 16.8. The molecule has 2 aromatic rings. The SMILES string of the molecule is COc1ccc(CN(C)CC(=O)Nc2cccc(Cl)c2Cl)cc1. The number of anilines is 1. The predicted octanol–water partition coefficient (Wildman–Crippen LogP) is 4.07. The standard InChI is InChI=1S/C17H18Cl2N2O2/c1-21(10-12-6-8-13(23-2)9-7-12)11-16(22)20-15-5-3-4-14(18)17(15)19/h3-9H,10-11H2,1-2H3,(H,20,22). The van der Waals surface area contributed by atoms with Crippen LogP contribution in [0.4, 0.5) is 5.69 Å². The van der Waals surface area contributed by atoms with Crippen molar-refractivity contribution < 1.29 is 9.53 Å². The van der Waals surface area contributed by atoms with Gasteiger partial charge in [0.2, 0.25) is 5.91 Å². The molecule has 1 amide bonds. The predicted molar refractivity (Wildman–Crippen MR) is 94.4 cm³/mol. The van der Waals surface area contributed by atoms with Crippen LogP contribution < -0.4 is 10.1 Å². The number of carbonyl (C=O) groups excluding carboxylic acids is 1. The highest BCUT2D eigenvalue weighted by Crippen LogP contribution is 2.29. The van der Waals surface area contributed by atoms with Gasteiger partial charge in [-0.25, -0.2) is 0 Å². The number of rotatable bonds is 6. The van der Waals surface area contributed by atoms with Gasteiger partial charge in [-0.15, -0.1) is 0 Å². The van der Waals surface area contributed by atoms with Gasteiger partial charge in [0.05, 0.1) is 29.4 Å². The molecule has 0 aliphatic heterocycles. The van der Waals surface area contributed by atoms with E-state index in [1.54, 1.807) is 25.3 Å². The van der Waals surface area contributed by atoms with Gasteiger partial charge in [0, 0.05) is 6.54 Å². The Morgan fingerprint density at radius 3 is 2.52 bits per heavy atom. The minimum absolute atomic E-state index is 0.148. The third kappa shape index (κ3) is 5.13. The first-order valence-electron chi connectivity index (χ1n) is 7.05. The van der Waals surface area contributed by atoms with Crippen LogP contribution in [0.15, 0.2) is 42.5 Å². The molecule has 122 valence electrons. The lowest BCUT2D eigenvalue weighted by atomic mass is 10.2. The van der Waals surface area contributed by atoms with E-state index in [0.29, 0.717) is 22.3 Å². The molecule has 2 rings (SSSR count). The fourth-order valence-corrected chi connectivity index (χ4v) is 2.48. The van der Waals surface area contributed by atoms with Crippen molar-refractivity contribution >= 4 is 34.8 Å². The van der Waals surface area contributed by atoms with E-state index in [1.807, 2.05) is 36.2 Å². The number of hydrogen-bond donors (Lipinski definition) is 1. The highest BCUT2D eigenvalue weighted by molar-refractivity contribution is 6.43. The molecule has 4 nitrogen and oxygen atoms in total. The third-order valence-corrected chi connectivity index (χ3v) is 4.07. The average molecular weight is 353 g/mol. The summed E-state index contributed by atoms with van der Waals surface area (Å²) in [5.74, 6) is 0.662. The molecule has 0 heterocycles. The Morgan fingerprint density at radius 2 is 1.87 bits per heavy atom. The molecule has 0 unspecified atom stereocenters. The Hall–Kier alpha value is -1.75. The summed E-state index contributed by atoms with van der Waals surface area (Å²) in [6, 6.07) is 12.9. The fraction of sp³-hybridized carbons (Fsp3) is 0.235. The Morgan fingerprint density at radius 1 is 1.17 bits per heavy atom. The maximum absolute atomic E-state index is 12.1. The van der Waals surface area contributed by atoms with Crippen molar-refractivity contribution in [2.24, 2.45) is 0 Å². The largest absolute Gasteiger partial charge is 0.497 e. The quantitative estimate of drug-likeness (QED) is 0.851. The minimum Gasteiger partial charge on any atom is -0.497 e. The normalized spacial score (nSPS) is 10.7. The molecular weight excluding hydrogens is 335 g/mol. The van der Waals surface area contributed by atoms with Crippen LogP contribution in [-0.4, -0.2) is 31.5 Å². The van der Waals surface area contributed by atoms with Gasteiger partial charge in [0.15, 0.2) is 0 Å². The van der Waals surface area contributed by atoms with Crippen LogP contribution in [0, 0.1) is 0 Å². The van der Waals surface area contributed by atoms with E-state index < -0.39 is 0 Å². The topological polar surface area (TPSA) is 41.6 Å². The highest BCUT2D eigenvalue weighted by atomic mass is 35.5. The van der Waals surface area contributed by atoms with Crippen LogP contribution in [-0.2, 0) is 11.3 Å². The van der Waals surface area contributed by atoms with Gasteiger partial charge in [-0.1, -0.05) is 41.4 Å². The number of likely N-dealkylation sites (N-methyl/N-ethyl adjacent to an activating group) is 1. The molecule has 2 aromatic carbocycles. The van der Waals surface area contributed by atoms with Crippen molar-refractivity contribution in [1.29, 1.82) is 0 Å². The van der Waals surface area contributed by atoms with Crippen molar-refractivity contribution in [2.45, 2.75) is 6.54 Å². The molecule has 0 aliphatic carbocycles. The number of ether oxygens (including phenoxy) is 1. The van der Waals surface area contributed by atoms with Crippen molar-refractivity contribution in [3.8, 4) is 5.75 Å². The Bertz CT molecular complexity index is 675. The molecule has 0 saturated heterocycles. The molecule has 0 radical (unpaired) electrons. The van der Waals surface area contributed by atoms with Gasteiger partial charge < -0.3 is 10.1 Å². The molecule has 0 bridgehead atoms. The zero-order valence-electron chi connectivity index (χ0n) is 13.0. The highest BCUT2D eigenvalue weighted by Gasteiger charge is 2.11. The Kier molecular flexibility index (Phi) is 6.28. The molecule has 0 atom stereocenters. The summed E-state index contributed by atoms with van der Waals surface area (Å²) < 4.78 is 5.12. The summed E-state index contributed by atoms with van der Waals surface area (Å²) in [6.45, 7) is 0.898. The van der Waals surface area contributed by atoms with E-state index in [2.05, 4.69) is 5.32 Å². The lowest BCUT2D eigenvalue weighted by Crippen LogP contribution is -2.29. The minimum atomic E-state index is -0.148. The smallest absolute Gasteiger partial charge is 0.238 e.